The number of amides is 3. The summed E-state index contributed by atoms with van der Waals surface area (Å²) in [5.41, 5.74) is 11.5. The van der Waals surface area contributed by atoms with E-state index in [-0.39, 0.29) is 12.8 Å². The van der Waals surface area contributed by atoms with E-state index >= 15 is 0 Å². The second-order valence-electron chi connectivity index (χ2n) is 7.06. The van der Waals surface area contributed by atoms with E-state index in [4.69, 9.17) is 26.8 Å². The van der Waals surface area contributed by atoms with E-state index in [1.807, 2.05) is 0 Å². The van der Waals surface area contributed by atoms with Gasteiger partial charge in [-0.3, -0.25) is 14.4 Å². The lowest BCUT2D eigenvalue weighted by Gasteiger charge is -2.24. The molecular formula is C18H31N7O7. The third-order valence-electron chi connectivity index (χ3n) is 4.52. The summed E-state index contributed by atoms with van der Waals surface area (Å²) in [6, 6.07) is -5.11. The maximum atomic E-state index is 12.9. The fourth-order valence-corrected chi connectivity index (χ4v) is 2.68. The number of unbranched alkanes of at least 4 members (excludes halogenated alkanes) is 1. The summed E-state index contributed by atoms with van der Waals surface area (Å²) in [5.74, 6) is -3.75. The summed E-state index contributed by atoms with van der Waals surface area (Å²) in [4.78, 5) is 55.4. The normalized spacial score (nSPS) is 14.6. The number of carbonyl (C=O) groups is 4. The number of carbonyl (C=O) groups excluding carboxylic acids is 3. The lowest BCUT2D eigenvalue weighted by atomic mass is 10.1. The number of aliphatic carboxylic acids is 1. The van der Waals surface area contributed by atoms with Crippen molar-refractivity contribution < 1.29 is 34.5 Å². The fourth-order valence-electron chi connectivity index (χ4n) is 2.68. The number of imidazole rings is 1. The number of aromatic nitrogens is 2. The number of nitrogens with two attached hydrogens (primary N) is 2. The van der Waals surface area contributed by atoms with Crippen molar-refractivity contribution in [3.8, 4) is 0 Å². The molecule has 11 N–H and O–H groups in total. The number of nitrogens with zero attached hydrogens (tertiary/aromatic N) is 1. The van der Waals surface area contributed by atoms with Crippen molar-refractivity contribution in [1.29, 1.82) is 0 Å². The highest BCUT2D eigenvalue weighted by molar-refractivity contribution is 5.94. The van der Waals surface area contributed by atoms with Crippen LogP contribution in [-0.4, -0.2) is 92.9 Å². The number of carboxylic acid groups (broad SMARTS) is 1. The van der Waals surface area contributed by atoms with Gasteiger partial charge in [0.1, 0.15) is 24.2 Å². The van der Waals surface area contributed by atoms with Crippen LogP contribution in [0.25, 0.3) is 0 Å². The molecule has 180 valence electrons. The Morgan fingerprint density at radius 2 is 1.59 bits per heavy atom. The summed E-state index contributed by atoms with van der Waals surface area (Å²) < 4.78 is 0. The second kappa shape index (κ2) is 14.1. The summed E-state index contributed by atoms with van der Waals surface area (Å²) in [7, 11) is 0. The molecule has 4 atom stereocenters. The number of nitrogens with one attached hydrogen (secondary N) is 4. The molecule has 14 heteroatoms. The number of hydrogen-bond donors (Lipinski definition) is 9. The SMILES string of the molecule is NCCCCC(NC(=O)C(Cc1cnc[nH]1)NC(=O)C(N)CO)C(=O)NC(CO)C(=O)O. The molecule has 0 aliphatic heterocycles. The smallest absolute Gasteiger partial charge is 0.328 e. The van der Waals surface area contributed by atoms with Crippen LogP contribution < -0.4 is 27.4 Å². The second-order valence-corrected chi connectivity index (χ2v) is 7.06. The highest BCUT2D eigenvalue weighted by Crippen LogP contribution is 2.05. The Kier molecular flexibility index (Phi) is 11.9. The van der Waals surface area contributed by atoms with E-state index in [0.717, 1.165) is 0 Å². The number of aromatic amines is 1. The van der Waals surface area contributed by atoms with Crippen LogP contribution in [0.3, 0.4) is 0 Å². The average Bonchev–Trinajstić information content (AvgIpc) is 3.28. The molecule has 1 heterocycles. The molecule has 0 saturated carbocycles. The molecular weight excluding hydrogens is 426 g/mol. The molecule has 0 spiro atoms. The summed E-state index contributed by atoms with van der Waals surface area (Å²) in [5, 5.41) is 34.3. The predicted molar refractivity (Wildman–Crippen MR) is 111 cm³/mol. The van der Waals surface area contributed by atoms with Crippen molar-refractivity contribution in [2.45, 2.75) is 49.9 Å². The monoisotopic (exact) mass is 457 g/mol. The van der Waals surface area contributed by atoms with Gasteiger partial charge in [-0.15, -0.1) is 0 Å². The van der Waals surface area contributed by atoms with Crippen LogP contribution in [0, 0.1) is 0 Å². The van der Waals surface area contributed by atoms with E-state index in [0.29, 0.717) is 25.1 Å². The van der Waals surface area contributed by atoms with Crippen LogP contribution in [0.4, 0.5) is 0 Å². The number of H-pyrrole nitrogens is 1. The molecule has 4 unspecified atom stereocenters. The highest BCUT2D eigenvalue weighted by atomic mass is 16.4. The van der Waals surface area contributed by atoms with Crippen molar-refractivity contribution in [2.24, 2.45) is 11.5 Å². The van der Waals surface area contributed by atoms with Crippen LogP contribution in [0.5, 0.6) is 0 Å². The third-order valence-corrected chi connectivity index (χ3v) is 4.52. The highest BCUT2D eigenvalue weighted by Gasteiger charge is 2.30. The van der Waals surface area contributed by atoms with Gasteiger partial charge in [0.2, 0.25) is 17.7 Å². The molecule has 0 bridgehead atoms. The maximum absolute atomic E-state index is 12.9. The maximum Gasteiger partial charge on any atom is 0.328 e. The Morgan fingerprint density at radius 1 is 0.969 bits per heavy atom. The van der Waals surface area contributed by atoms with Crippen LogP contribution in [0.2, 0.25) is 0 Å². The van der Waals surface area contributed by atoms with Crippen molar-refractivity contribution in [2.75, 3.05) is 19.8 Å². The number of hydrogen-bond acceptors (Lipinski definition) is 9. The number of rotatable bonds is 15. The van der Waals surface area contributed by atoms with Gasteiger partial charge in [0.25, 0.3) is 0 Å². The molecule has 0 aliphatic carbocycles. The zero-order valence-corrected chi connectivity index (χ0v) is 17.5. The molecule has 0 radical (unpaired) electrons. The zero-order chi connectivity index (χ0) is 24.1. The van der Waals surface area contributed by atoms with Crippen molar-refractivity contribution in [3.63, 3.8) is 0 Å². The van der Waals surface area contributed by atoms with E-state index in [9.17, 15) is 19.2 Å². The molecule has 0 aromatic carbocycles. The molecule has 1 aromatic rings. The zero-order valence-electron chi connectivity index (χ0n) is 17.5. The standard InChI is InChI=1S/C18H31N7O7/c19-4-2-1-3-12(16(29)25-14(8-27)18(31)32)23-17(30)13(5-10-6-21-9-22-10)24-15(28)11(20)7-26/h6,9,11-14,26-27H,1-5,7-8,19-20H2,(H,21,22)(H,23,30)(H,24,28)(H,25,29)(H,31,32). The van der Waals surface area contributed by atoms with Crippen LogP contribution >= 0.6 is 0 Å². The van der Waals surface area contributed by atoms with Gasteiger partial charge in [-0.05, 0) is 25.8 Å². The topological polar surface area (TPSA) is 246 Å². The first-order valence-corrected chi connectivity index (χ1v) is 10.0. The average molecular weight is 457 g/mol. The van der Waals surface area contributed by atoms with Crippen molar-refractivity contribution in [1.82, 2.24) is 25.9 Å². The minimum absolute atomic E-state index is 0.0126. The molecule has 32 heavy (non-hydrogen) atoms. The lowest BCUT2D eigenvalue weighted by molar-refractivity contribution is -0.143. The van der Waals surface area contributed by atoms with E-state index in [1.54, 1.807) is 0 Å². The lowest BCUT2D eigenvalue weighted by Crippen LogP contribution is -2.58. The first-order chi connectivity index (χ1) is 15.2. The summed E-state index contributed by atoms with van der Waals surface area (Å²) in [6.07, 6.45) is 3.98. The summed E-state index contributed by atoms with van der Waals surface area (Å²) in [6.45, 7) is -1.11. The minimum atomic E-state index is -1.54. The number of aliphatic hydroxyl groups is 2. The molecule has 0 aliphatic rings. The minimum Gasteiger partial charge on any atom is -0.480 e. The van der Waals surface area contributed by atoms with Crippen LogP contribution in [0.1, 0.15) is 25.0 Å². The molecule has 1 aromatic heterocycles. The van der Waals surface area contributed by atoms with E-state index in [1.165, 1.54) is 12.5 Å². The Morgan fingerprint density at radius 3 is 2.12 bits per heavy atom. The Labute approximate surface area is 184 Å². The molecule has 14 nitrogen and oxygen atoms in total. The molecule has 0 saturated heterocycles. The quantitative estimate of drug-likeness (QED) is 0.115. The van der Waals surface area contributed by atoms with Crippen molar-refractivity contribution in [3.05, 3.63) is 18.2 Å². The van der Waals surface area contributed by atoms with Gasteiger partial charge in [0.05, 0.1) is 19.5 Å². The third kappa shape index (κ3) is 8.97. The first kappa shape index (κ1) is 27.0. The van der Waals surface area contributed by atoms with Gasteiger partial charge < -0.3 is 47.7 Å². The van der Waals surface area contributed by atoms with Gasteiger partial charge >= 0.3 is 5.97 Å². The van der Waals surface area contributed by atoms with Crippen molar-refractivity contribution >= 4 is 23.7 Å². The molecule has 1 rings (SSSR count). The number of aliphatic hydroxyl groups excluding tert-OH is 2. The largest absolute Gasteiger partial charge is 0.480 e. The van der Waals surface area contributed by atoms with Gasteiger partial charge in [-0.25, -0.2) is 9.78 Å². The predicted octanol–water partition coefficient (Wildman–Crippen LogP) is -4.07. The fraction of sp³-hybridized carbons (Fsp3) is 0.611. The number of carboxylic acids is 1. The summed E-state index contributed by atoms with van der Waals surface area (Å²) >= 11 is 0. The van der Waals surface area contributed by atoms with Crippen LogP contribution in [-0.2, 0) is 25.6 Å². The first-order valence-electron chi connectivity index (χ1n) is 10.0. The van der Waals surface area contributed by atoms with Gasteiger partial charge in [0, 0.05) is 18.3 Å². The Bertz CT molecular complexity index is 744. The Hall–Kier alpha value is -3.07. The van der Waals surface area contributed by atoms with Gasteiger partial charge in [-0.1, -0.05) is 0 Å². The Balaban J connectivity index is 2.98. The van der Waals surface area contributed by atoms with Gasteiger partial charge in [-0.2, -0.15) is 0 Å². The molecule has 3 amide bonds. The van der Waals surface area contributed by atoms with Gasteiger partial charge in [0.15, 0.2) is 0 Å². The van der Waals surface area contributed by atoms with E-state index < -0.39 is 61.1 Å². The van der Waals surface area contributed by atoms with E-state index in [2.05, 4.69) is 25.9 Å². The molecule has 0 fully saturated rings. The van der Waals surface area contributed by atoms with Crippen LogP contribution in [0.15, 0.2) is 12.5 Å².